The number of halogens is 1. The Hall–Kier alpha value is -3.88. The SMILES string of the molecule is NC(=O)c1cccc2c(-c3nncc(NCc4cccc(F)c4)n3)onc12. The van der Waals surface area contributed by atoms with Crippen LogP contribution in [0.15, 0.2) is 53.2 Å². The predicted molar refractivity (Wildman–Crippen MR) is 95.1 cm³/mol. The third kappa shape index (κ3) is 3.30. The summed E-state index contributed by atoms with van der Waals surface area (Å²) in [7, 11) is 0. The number of amides is 1. The van der Waals surface area contributed by atoms with E-state index in [0.29, 0.717) is 23.3 Å². The van der Waals surface area contributed by atoms with Crippen molar-refractivity contribution in [1.29, 1.82) is 0 Å². The monoisotopic (exact) mass is 364 g/mol. The van der Waals surface area contributed by atoms with Gasteiger partial charge in [-0.2, -0.15) is 5.10 Å². The summed E-state index contributed by atoms with van der Waals surface area (Å²) in [6, 6.07) is 11.2. The first-order valence-corrected chi connectivity index (χ1v) is 7.98. The number of fused-ring (bicyclic) bond motifs is 1. The molecule has 0 fully saturated rings. The number of carbonyl (C=O) groups excluding carboxylic acids is 1. The molecule has 27 heavy (non-hydrogen) atoms. The van der Waals surface area contributed by atoms with Gasteiger partial charge in [-0.15, -0.1) is 5.10 Å². The van der Waals surface area contributed by atoms with Crippen molar-refractivity contribution in [3.63, 3.8) is 0 Å². The van der Waals surface area contributed by atoms with E-state index in [0.717, 1.165) is 5.56 Å². The molecule has 0 atom stereocenters. The normalized spacial score (nSPS) is 10.9. The maximum atomic E-state index is 13.3. The van der Waals surface area contributed by atoms with E-state index in [1.807, 2.05) is 0 Å². The number of rotatable bonds is 5. The van der Waals surface area contributed by atoms with E-state index in [1.54, 1.807) is 30.3 Å². The lowest BCUT2D eigenvalue weighted by Crippen LogP contribution is -2.11. The number of hydrogen-bond donors (Lipinski definition) is 2. The predicted octanol–water partition coefficient (Wildman–Crippen LogP) is 2.53. The van der Waals surface area contributed by atoms with Gasteiger partial charge in [0.2, 0.25) is 11.6 Å². The lowest BCUT2D eigenvalue weighted by atomic mass is 10.1. The van der Waals surface area contributed by atoms with Crippen molar-refractivity contribution in [2.24, 2.45) is 5.73 Å². The fraction of sp³-hybridized carbons (Fsp3) is 0.0556. The zero-order valence-corrected chi connectivity index (χ0v) is 13.9. The van der Waals surface area contributed by atoms with Gasteiger partial charge < -0.3 is 15.6 Å². The molecule has 1 amide bonds. The van der Waals surface area contributed by atoms with Crippen LogP contribution in [0.5, 0.6) is 0 Å². The average molecular weight is 364 g/mol. The van der Waals surface area contributed by atoms with Gasteiger partial charge >= 0.3 is 0 Å². The highest BCUT2D eigenvalue weighted by atomic mass is 19.1. The van der Waals surface area contributed by atoms with Crippen LogP contribution in [0.4, 0.5) is 10.2 Å². The van der Waals surface area contributed by atoms with Crippen molar-refractivity contribution in [2.45, 2.75) is 6.54 Å². The van der Waals surface area contributed by atoms with Crippen LogP contribution in [0.1, 0.15) is 15.9 Å². The third-order valence-electron chi connectivity index (χ3n) is 3.90. The van der Waals surface area contributed by atoms with E-state index >= 15 is 0 Å². The number of carbonyl (C=O) groups is 1. The zero-order chi connectivity index (χ0) is 18.8. The Labute approximate surface area is 152 Å². The maximum Gasteiger partial charge on any atom is 0.251 e. The van der Waals surface area contributed by atoms with E-state index < -0.39 is 5.91 Å². The van der Waals surface area contributed by atoms with Gasteiger partial charge in [-0.25, -0.2) is 9.37 Å². The molecule has 9 heteroatoms. The Morgan fingerprint density at radius 3 is 2.89 bits per heavy atom. The molecule has 2 aromatic heterocycles. The second-order valence-corrected chi connectivity index (χ2v) is 5.73. The number of nitrogens with two attached hydrogens (primary N) is 1. The molecule has 0 bridgehead atoms. The van der Waals surface area contributed by atoms with Crippen molar-refractivity contribution in [2.75, 3.05) is 5.32 Å². The highest BCUT2D eigenvalue weighted by molar-refractivity contribution is 6.07. The van der Waals surface area contributed by atoms with Crippen LogP contribution in [-0.4, -0.2) is 26.2 Å². The lowest BCUT2D eigenvalue weighted by Gasteiger charge is -2.05. The summed E-state index contributed by atoms with van der Waals surface area (Å²) in [5.41, 5.74) is 6.69. The van der Waals surface area contributed by atoms with Crippen LogP contribution in [0.25, 0.3) is 22.5 Å². The maximum absolute atomic E-state index is 13.3. The van der Waals surface area contributed by atoms with E-state index in [2.05, 4.69) is 25.7 Å². The molecule has 4 aromatic rings. The number of benzene rings is 2. The Morgan fingerprint density at radius 1 is 1.22 bits per heavy atom. The summed E-state index contributed by atoms with van der Waals surface area (Å²) in [5, 5.41) is 15.4. The molecular formula is C18H13FN6O2. The quantitative estimate of drug-likeness (QED) is 0.558. The summed E-state index contributed by atoms with van der Waals surface area (Å²) in [6.45, 7) is 0.360. The molecule has 0 aliphatic heterocycles. The lowest BCUT2D eigenvalue weighted by molar-refractivity contribution is 0.100. The summed E-state index contributed by atoms with van der Waals surface area (Å²) < 4.78 is 18.6. The summed E-state index contributed by atoms with van der Waals surface area (Å²) in [6.07, 6.45) is 1.44. The number of nitrogens with zero attached hydrogens (tertiary/aromatic N) is 4. The van der Waals surface area contributed by atoms with Crippen LogP contribution < -0.4 is 11.1 Å². The largest absolute Gasteiger partial charge is 0.366 e. The minimum Gasteiger partial charge on any atom is -0.366 e. The first-order chi connectivity index (χ1) is 13.1. The Balaban J connectivity index is 1.64. The summed E-state index contributed by atoms with van der Waals surface area (Å²) in [4.78, 5) is 15.9. The van der Waals surface area contributed by atoms with Crippen LogP contribution in [0.3, 0.4) is 0 Å². The number of anilines is 1. The molecule has 2 heterocycles. The van der Waals surface area contributed by atoms with Gasteiger partial charge in [0.25, 0.3) is 5.91 Å². The molecule has 0 aliphatic rings. The standard InChI is InChI=1S/C18H13FN6O2/c19-11-4-1-3-10(7-11)8-21-14-9-22-24-18(23-14)16-12-5-2-6-13(17(20)26)15(12)25-27-16/h1-7,9H,8H2,(H2,20,26)(H,21,23,24). The van der Waals surface area contributed by atoms with Gasteiger partial charge in [-0.1, -0.05) is 23.4 Å². The van der Waals surface area contributed by atoms with Gasteiger partial charge in [-0.3, -0.25) is 4.79 Å². The first kappa shape index (κ1) is 16.6. The van der Waals surface area contributed by atoms with Crippen LogP contribution in [0, 0.1) is 5.82 Å². The van der Waals surface area contributed by atoms with Crippen molar-refractivity contribution < 1.29 is 13.7 Å². The van der Waals surface area contributed by atoms with Gasteiger partial charge in [0.1, 0.15) is 17.2 Å². The van der Waals surface area contributed by atoms with E-state index in [-0.39, 0.29) is 23.0 Å². The summed E-state index contributed by atoms with van der Waals surface area (Å²) in [5.74, 6) is -0.0163. The molecule has 0 unspecified atom stereocenters. The van der Waals surface area contributed by atoms with Crippen molar-refractivity contribution in [1.82, 2.24) is 20.3 Å². The second-order valence-electron chi connectivity index (χ2n) is 5.73. The molecule has 8 nitrogen and oxygen atoms in total. The molecule has 0 aliphatic carbocycles. The second kappa shape index (κ2) is 6.79. The fourth-order valence-corrected chi connectivity index (χ4v) is 2.65. The van der Waals surface area contributed by atoms with Gasteiger partial charge in [-0.05, 0) is 29.8 Å². The first-order valence-electron chi connectivity index (χ1n) is 7.98. The van der Waals surface area contributed by atoms with E-state index in [1.165, 1.54) is 18.3 Å². The molecule has 0 saturated heterocycles. The smallest absolute Gasteiger partial charge is 0.251 e. The van der Waals surface area contributed by atoms with Crippen molar-refractivity contribution in [3.8, 4) is 11.6 Å². The van der Waals surface area contributed by atoms with Crippen molar-refractivity contribution >= 4 is 22.6 Å². The van der Waals surface area contributed by atoms with Crippen LogP contribution in [0.2, 0.25) is 0 Å². The number of primary amides is 1. The Morgan fingerprint density at radius 2 is 2.07 bits per heavy atom. The molecule has 3 N–H and O–H groups in total. The third-order valence-corrected chi connectivity index (χ3v) is 3.90. The topological polar surface area (TPSA) is 120 Å². The highest BCUT2D eigenvalue weighted by Crippen LogP contribution is 2.28. The summed E-state index contributed by atoms with van der Waals surface area (Å²) >= 11 is 0. The van der Waals surface area contributed by atoms with Crippen LogP contribution in [-0.2, 0) is 6.54 Å². The van der Waals surface area contributed by atoms with Crippen molar-refractivity contribution in [3.05, 3.63) is 65.6 Å². The highest BCUT2D eigenvalue weighted by Gasteiger charge is 2.18. The van der Waals surface area contributed by atoms with Gasteiger partial charge in [0.05, 0.1) is 17.1 Å². The minimum atomic E-state index is -0.606. The van der Waals surface area contributed by atoms with E-state index in [9.17, 15) is 9.18 Å². The number of aromatic nitrogens is 4. The molecule has 0 spiro atoms. The van der Waals surface area contributed by atoms with E-state index in [4.69, 9.17) is 10.3 Å². The molecule has 0 saturated carbocycles. The van der Waals surface area contributed by atoms with Crippen LogP contribution >= 0.6 is 0 Å². The number of hydrogen-bond acceptors (Lipinski definition) is 7. The molecular weight excluding hydrogens is 351 g/mol. The zero-order valence-electron chi connectivity index (χ0n) is 13.9. The molecule has 4 rings (SSSR count). The number of nitrogens with one attached hydrogen (secondary N) is 1. The van der Waals surface area contributed by atoms with Gasteiger partial charge in [0, 0.05) is 6.54 Å². The minimum absolute atomic E-state index is 0.198. The Bertz CT molecular complexity index is 1140. The molecule has 2 aromatic carbocycles. The Kier molecular flexibility index (Phi) is 4.17. The van der Waals surface area contributed by atoms with Gasteiger partial charge in [0.15, 0.2) is 0 Å². The fourth-order valence-electron chi connectivity index (χ4n) is 2.65. The average Bonchev–Trinajstić information content (AvgIpc) is 3.11. The molecule has 134 valence electrons. The molecule has 0 radical (unpaired) electrons.